The van der Waals surface area contributed by atoms with E-state index in [1.807, 2.05) is 11.7 Å². The maximum absolute atomic E-state index is 4.64. The van der Waals surface area contributed by atoms with Crippen molar-refractivity contribution < 1.29 is 0 Å². The third-order valence-electron chi connectivity index (χ3n) is 3.42. The number of fused-ring (bicyclic) bond motifs is 1. The number of nitrogens with zero attached hydrogens (tertiary/aromatic N) is 3. The third-order valence-corrected chi connectivity index (χ3v) is 4.17. The Balaban J connectivity index is 1.90. The first-order chi connectivity index (χ1) is 8.24. The van der Waals surface area contributed by atoms with Gasteiger partial charge in [-0.05, 0) is 19.0 Å². The number of aryl methyl sites for hydroxylation is 1. The Kier molecular flexibility index (Phi) is 2.92. The van der Waals surface area contributed by atoms with Gasteiger partial charge >= 0.3 is 0 Å². The number of halogens is 1. The molecule has 2 aromatic rings. The van der Waals surface area contributed by atoms with E-state index in [1.165, 1.54) is 29.6 Å². The Labute approximate surface area is 110 Å². The van der Waals surface area contributed by atoms with Crippen LogP contribution < -0.4 is 0 Å². The van der Waals surface area contributed by atoms with Gasteiger partial charge in [0.2, 0.25) is 0 Å². The van der Waals surface area contributed by atoms with Crippen LogP contribution in [-0.2, 0) is 13.6 Å². The summed E-state index contributed by atoms with van der Waals surface area (Å²) in [6, 6.07) is 8.45. The normalized spacial score (nSPS) is 21.4. The van der Waals surface area contributed by atoms with Crippen molar-refractivity contribution in [1.29, 1.82) is 0 Å². The Morgan fingerprint density at radius 1 is 1.41 bits per heavy atom. The van der Waals surface area contributed by atoms with E-state index in [-0.39, 0.29) is 0 Å². The molecule has 1 saturated heterocycles. The highest BCUT2D eigenvalue weighted by Crippen LogP contribution is 2.22. The van der Waals surface area contributed by atoms with Crippen molar-refractivity contribution in [2.45, 2.75) is 17.8 Å². The number of hydrogen-bond acceptors (Lipinski definition) is 2. The molecule has 2 heterocycles. The van der Waals surface area contributed by atoms with Crippen molar-refractivity contribution in [3.63, 3.8) is 0 Å². The maximum atomic E-state index is 4.64. The van der Waals surface area contributed by atoms with Gasteiger partial charge in [0.25, 0.3) is 0 Å². The summed E-state index contributed by atoms with van der Waals surface area (Å²) in [4.78, 5) is 3.12. The molecule has 1 aromatic carbocycles. The average Bonchev–Trinajstić information content (AvgIpc) is 2.86. The Hall–Kier alpha value is -0.870. The summed E-state index contributed by atoms with van der Waals surface area (Å²) in [5, 5.41) is 5.92. The van der Waals surface area contributed by atoms with Crippen LogP contribution in [0.4, 0.5) is 0 Å². The second kappa shape index (κ2) is 4.42. The van der Waals surface area contributed by atoms with Crippen LogP contribution >= 0.6 is 15.9 Å². The molecule has 1 aliphatic heterocycles. The van der Waals surface area contributed by atoms with E-state index in [2.05, 4.69) is 50.2 Å². The lowest BCUT2D eigenvalue weighted by Crippen LogP contribution is -2.20. The van der Waals surface area contributed by atoms with Crippen LogP contribution in [-0.4, -0.2) is 32.6 Å². The van der Waals surface area contributed by atoms with Crippen molar-refractivity contribution in [2.75, 3.05) is 13.1 Å². The molecule has 1 aliphatic rings. The standard InChI is InChI=1S/C13H16BrN3/c1-16-13-5-3-2-4-11(13)12(15-16)9-17-7-6-10(14)8-17/h2-5,10H,6-9H2,1H3. The summed E-state index contributed by atoms with van der Waals surface area (Å²) in [5.41, 5.74) is 2.42. The molecular weight excluding hydrogens is 278 g/mol. The second-order valence-electron chi connectivity index (χ2n) is 4.71. The zero-order chi connectivity index (χ0) is 11.8. The SMILES string of the molecule is Cn1nc(CN2CCC(Br)C2)c2ccccc21. The average molecular weight is 294 g/mol. The van der Waals surface area contributed by atoms with Gasteiger partial charge in [0.15, 0.2) is 0 Å². The fourth-order valence-corrected chi connectivity index (χ4v) is 3.16. The summed E-state index contributed by atoms with van der Waals surface area (Å²) in [7, 11) is 2.02. The molecule has 4 heteroatoms. The van der Waals surface area contributed by atoms with Gasteiger partial charge in [-0.1, -0.05) is 34.1 Å². The summed E-state index contributed by atoms with van der Waals surface area (Å²) < 4.78 is 1.98. The van der Waals surface area contributed by atoms with Crippen LogP contribution in [0.5, 0.6) is 0 Å². The maximum Gasteiger partial charge on any atom is 0.0843 e. The topological polar surface area (TPSA) is 21.1 Å². The molecule has 1 atom stereocenters. The number of para-hydroxylation sites is 1. The van der Waals surface area contributed by atoms with E-state index in [4.69, 9.17) is 0 Å². The van der Waals surface area contributed by atoms with Crippen molar-refractivity contribution in [1.82, 2.24) is 14.7 Å². The highest BCUT2D eigenvalue weighted by molar-refractivity contribution is 9.09. The zero-order valence-electron chi connectivity index (χ0n) is 9.93. The predicted molar refractivity (Wildman–Crippen MR) is 73.3 cm³/mol. The zero-order valence-corrected chi connectivity index (χ0v) is 11.5. The van der Waals surface area contributed by atoms with Gasteiger partial charge in [0.1, 0.15) is 0 Å². The Bertz CT molecular complexity index is 534. The summed E-state index contributed by atoms with van der Waals surface area (Å²) >= 11 is 3.68. The van der Waals surface area contributed by atoms with E-state index in [9.17, 15) is 0 Å². The van der Waals surface area contributed by atoms with Crippen molar-refractivity contribution in [3.8, 4) is 0 Å². The second-order valence-corrected chi connectivity index (χ2v) is 6.00. The highest BCUT2D eigenvalue weighted by atomic mass is 79.9. The van der Waals surface area contributed by atoms with Crippen LogP contribution in [0.15, 0.2) is 24.3 Å². The fourth-order valence-electron chi connectivity index (χ4n) is 2.55. The molecule has 0 N–H and O–H groups in total. The first-order valence-electron chi connectivity index (χ1n) is 6.01. The molecule has 0 aliphatic carbocycles. The van der Waals surface area contributed by atoms with Gasteiger partial charge in [-0.15, -0.1) is 0 Å². The number of rotatable bonds is 2. The fraction of sp³-hybridized carbons (Fsp3) is 0.462. The third kappa shape index (κ3) is 2.11. The van der Waals surface area contributed by atoms with E-state index >= 15 is 0 Å². The first kappa shape index (κ1) is 11.2. The molecule has 90 valence electrons. The molecule has 3 nitrogen and oxygen atoms in total. The van der Waals surface area contributed by atoms with E-state index in [1.54, 1.807) is 0 Å². The lowest BCUT2D eigenvalue weighted by Gasteiger charge is -2.12. The van der Waals surface area contributed by atoms with Gasteiger partial charge in [-0.3, -0.25) is 9.58 Å². The highest BCUT2D eigenvalue weighted by Gasteiger charge is 2.21. The largest absolute Gasteiger partial charge is 0.296 e. The summed E-state index contributed by atoms with van der Waals surface area (Å²) in [6.07, 6.45) is 1.24. The van der Waals surface area contributed by atoms with Crippen molar-refractivity contribution in [3.05, 3.63) is 30.0 Å². The van der Waals surface area contributed by atoms with Crippen LogP contribution in [0.25, 0.3) is 10.9 Å². The van der Waals surface area contributed by atoms with Crippen LogP contribution in [0.1, 0.15) is 12.1 Å². The number of likely N-dealkylation sites (tertiary alicyclic amines) is 1. The van der Waals surface area contributed by atoms with Crippen LogP contribution in [0, 0.1) is 0 Å². The Morgan fingerprint density at radius 3 is 3.00 bits per heavy atom. The summed E-state index contributed by atoms with van der Waals surface area (Å²) in [5.74, 6) is 0. The minimum Gasteiger partial charge on any atom is -0.296 e. The van der Waals surface area contributed by atoms with Gasteiger partial charge in [0, 0.05) is 30.4 Å². The lowest BCUT2D eigenvalue weighted by molar-refractivity contribution is 0.328. The van der Waals surface area contributed by atoms with Gasteiger partial charge in [-0.25, -0.2) is 0 Å². The molecule has 1 unspecified atom stereocenters. The monoisotopic (exact) mass is 293 g/mol. The van der Waals surface area contributed by atoms with E-state index in [0.29, 0.717) is 4.83 Å². The molecule has 17 heavy (non-hydrogen) atoms. The van der Waals surface area contributed by atoms with Crippen LogP contribution in [0.3, 0.4) is 0 Å². The summed E-state index contributed by atoms with van der Waals surface area (Å²) in [6.45, 7) is 3.26. The quantitative estimate of drug-likeness (QED) is 0.794. The lowest BCUT2D eigenvalue weighted by atomic mass is 10.2. The van der Waals surface area contributed by atoms with Gasteiger partial charge in [0.05, 0.1) is 11.2 Å². The Morgan fingerprint density at radius 2 is 2.24 bits per heavy atom. The number of aromatic nitrogens is 2. The molecule has 1 fully saturated rings. The molecule has 0 amide bonds. The molecule has 0 saturated carbocycles. The minimum absolute atomic E-state index is 0.650. The molecule has 3 rings (SSSR count). The predicted octanol–water partition coefficient (Wildman–Crippen LogP) is 2.54. The molecule has 1 aromatic heterocycles. The van der Waals surface area contributed by atoms with Gasteiger partial charge in [-0.2, -0.15) is 5.10 Å². The van der Waals surface area contributed by atoms with E-state index < -0.39 is 0 Å². The van der Waals surface area contributed by atoms with E-state index in [0.717, 1.165) is 13.1 Å². The molecule has 0 bridgehead atoms. The molecular formula is C13H16BrN3. The number of benzene rings is 1. The van der Waals surface area contributed by atoms with Crippen molar-refractivity contribution >= 4 is 26.8 Å². The van der Waals surface area contributed by atoms with Gasteiger partial charge < -0.3 is 0 Å². The number of hydrogen-bond donors (Lipinski definition) is 0. The minimum atomic E-state index is 0.650. The first-order valence-corrected chi connectivity index (χ1v) is 6.92. The molecule has 0 radical (unpaired) electrons. The van der Waals surface area contributed by atoms with Crippen LogP contribution in [0.2, 0.25) is 0 Å². The van der Waals surface area contributed by atoms with Crippen molar-refractivity contribution in [2.24, 2.45) is 7.05 Å². The smallest absolute Gasteiger partial charge is 0.0843 e. The number of alkyl halides is 1. The molecule has 0 spiro atoms.